The number of benzene rings is 2. The van der Waals surface area contributed by atoms with E-state index >= 15 is 0 Å². The molecular weight excluding hydrogens is 307 g/mol. The molecule has 0 saturated heterocycles. The number of amides is 1. The van der Waals surface area contributed by atoms with Crippen molar-refractivity contribution >= 4 is 11.6 Å². The first-order chi connectivity index (χ1) is 11.4. The topological polar surface area (TPSA) is 59.8 Å². The maximum Gasteiger partial charge on any atom is 0.278 e. The fraction of sp³-hybridized carbons (Fsp3) is 0.167. The zero-order valence-electron chi connectivity index (χ0n) is 13.7. The van der Waals surface area contributed by atoms with Gasteiger partial charge in [0.05, 0.1) is 11.4 Å². The van der Waals surface area contributed by atoms with Crippen molar-refractivity contribution in [3.63, 3.8) is 0 Å². The molecular formula is C18H17FN4O. The van der Waals surface area contributed by atoms with E-state index in [2.05, 4.69) is 15.6 Å². The first kappa shape index (κ1) is 15.9. The maximum atomic E-state index is 13.4. The number of aromatic nitrogens is 3. The van der Waals surface area contributed by atoms with Gasteiger partial charge >= 0.3 is 0 Å². The molecule has 5 nitrogen and oxygen atoms in total. The molecule has 3 rings (SSSR count). The lowest BCUT2D eigenvalue weighted by Gasteiger charge is -2.07. The molecule has 0 aliphatic heterocycles. The third kappa shape index (κ3) is 3.17. The summed E-state index contributed by atoms with van der Waals surface area (Å²) < 4.78 is 14.8. The van der Waals surface area contributed by atoms with Gasteiger partial charge in [-0.15, -0.1) is 5.10 Å². The molecule has 0 fully saturated rings. The van der Waals surface area contributed by atoms with E-state index in [1.807, 2.05) is 32.0 Å². The Morgan fingerprint density at radius 1 is 1.08 bits per heavy atom. The maximum absolute atomic E-state index is 13.4. The molecule has 3 aromatic rings. The first-order valence-electron chi connectivity index (χ1n) is 7.52. The van der Waals surface area contributed by atoms with Gasteiger partial charge in [0, 0.05) is 5.69 Å². The van der Waals surface area contributed by atoms with Crippen molar-refractivity contribution in [3.8, 4) is 5.69 Å². The predicted octanol–water partition coefficient (Wildman–Crippen LogP) is 3.58. The number of aryl methyl sites for hydroxylation is 2. The van der Waals surface area contributed by atoms with Crippen LogP contribution in [0, 0.1) is 26.6 Å². The minimum Gasteiger partial charge on any atom is -0.321 e. The summed E-state index contributed by atoms with van der Waals surface area (Å²) in [5, 5.41) is 10.7. The summed E-state index contributed by atoms with van der Waals surface area (Å²) in [4.78, 5) is 12.5. The van der Waals surface area contributed by atoms with E-state index in [0.29, 0.717) is 17.1 Å². The summed E-state index contributed by atoms with van der Waals surface area (Å²) in [6, 6.07) is 11.8. The van der Waals surface area contributed by atoms with Crippen LogP contribution in [0.1, 0.15) is 27.3 Å². The molecule has 0 aliphatic rings. The fourth-order valence-corrected chi connectivity index (χ4v) is 2.63. The Hall–Kier alpha value is -3.02. The highest BCUT2D eigenvalue weighted by Crippen LogP contribution is 2.17. The Morgan fingerprint density at radius 3 is 2.46 bits per heavy atom. The van der Waals surface area contributed by atoms with Crippen molar-refractivity contribution in [2.75, 3.05) is 5.32 Å². The molecule has 0 radical (unpaired) electrons. The van der Waals surface area contributed by atoms with E-state index in [0.717, 1.165) is 11.1 Å². The number of carbonyl (C=O) groups is 1. The SMILES string of the molecule is Cc1cc(C)cc(NC(=O)c2nnn(-c3cccc(F)c3)c2C)c1. The largest absolute Gasteiger partial charge is 0.321 e. The van der Waals surface area contributed by atoms with Crippen LogP contribution in [0.2, 0.25) is 0 Å². The molecule has 0 spiro atoms. The molecule has 122 valence electrons. The summed E-state index contributed by atoms with van der Waals surface area (Å²) in [5.74, 6) is -0.719. The molecule has 1 aromatic heterocycles. The average molecular weight is 324 g/mol. The van der Waals surface area contributed by atoms with Gasteiger partial charge in [0.2, 0.25) is 0 Å². The summed E-state index contributed by atoms with van der Waals surface area (Å²) in [5.41, 5.74) is 4.10. The third-order valence-corrected chi connectivity index (χ3v) is 3.64. The molecule has 6 heteroatoms. The Labute approximate surface area is 139 Å². The number of hydrogen-bond acceptors (Lipinski definition) is 3. The van der Waals surface area contributed by atoms with Crippen LogP contribution in [0.3, 0.4) is 0 Å². The highest BCUT2D eigenvalue weighted by Gasteiger charge is 2.18. The number of hydrogen-bond donors (Lipinski definition) is 1. The van der Waals surface area contributed by atoms with Gasteiger partial charge in [-0.3, -0.25) is 4.79 Å². The molecule has 0 unspecified atom stereocenters. The highest BCUT2D eigenvalue weighted by molar-refractivity contribution is 6.03. The number of carbonyl (C=O) groups excluding carboxylic acids is 1. The number of halogens is 1. The lowest BCUT2D eigenvalue weighted by atomic mass is 10.1. The summed E-state index contributed by atoms with van der Waals surface area (Å²) in [7, 11) is 0. The Balaban J connectivity index is 1.89. The number of nitrogens with one attached hydrogen (secondary N) is 1. The molecule has 1 N–H and O–H groups in total. The summed E-state index contributed by atoms with van der Waals surface area (Å²) >= 11 is 0. The Morgan fingerprint density at radius 2 is 1.79 bits per heavy atom. The highest BCUT2D eigenvalue weighted by atomic mass is 19.1. The second-order valence-corrected chi connectivity index (χ2v) is 5.75. The van der Waals surface area contributed by atoms with Crippen molar-refractivity contribution in [1.82, 2.24) is 15.0 Å². The van der Waals surface area contributed by atoms with E-state index in [1.165, 1.54) is 16.8 Å². The molecule has 24 heavy (non-hydrogen) atoms. The second kappa shape index (κ2) is 6.23. The molecule has 0 saturated carbocycles. The van der Waals surface area contributed by atoms with Crippen molar-refractivity contribution in [2.45, 2.75) is 20.8 Å². The Kier molecular flexibility index (Phi) is 4.12. The molecule has 0 aliphatic carbocycles. The van der Waals surface area contributed by atoms with Crippen LogP contribution in [0.4, 0.5) is 10.1 Å². The van der Waals surface area contributed by atoms with Crippen molar-refractivity contribution in [1.29, 1.82) is 0 Å². The van der Waals surface area contributed by atoms with Crippen molar-refractivity contribution < 1.29 is 9.18 Å². The van der Waals surface area contributed by atoms with Crippen LogP contribution in [-0.4, -0.2) is 20.9 Å². The van der Waals surface area contributed by atoms with Gasteiger partial charge in [-0.25, -0.2) is 9.07 Å². The summed E-state index contributed by atoms with van der Waals surface area (Å²) in [6.45, 7) is 5.66. The average Bonchev–Trinajstić information content (AvgIpc) is 2.88. The molecule has 2 aromatic carbocycles. The van der Waals surface area contributed by atoms with Gasteiger partial charge in [-0.05, 0) is 62.2 Å². The second-order valence-electron chi connectivity index (χ2n) is 5.75. The monoisotopic (exact) mass is 324 g/mol. The minimum atomic E-state index is -0.372. The number of rotatable bonds is 3. The standard InChI is InChI=1S/C18H17FN4O/c1-11-7-12(2)9-15(8-11)20-18(24)17-13(3)23(22-21-17)16-6-4-5-14(19)10-16/h4-10H,1-3H3,(H,20,24). The van der Waals surface area contributed by atoms with Gasteiger partial charge in [0.25, 0.3) is 5.91 Å². The van der Waals surface area contributed by atoms with E-state index in [9.17, 15) is 9.18 Å². The molecule has 1 heterocycles. The predicted molar refractivity (Wildman–Crippen MR) is 89.9 cm³/mol. The first-order valence-corrected chi connectivity index (χ1v) is 7.52. The Bertz CT molecular complexity index is 897. The zero-order chi connectivity index (χ0) is 17.3. The fourth-order valence-electron chi connectivity index (χ4n) is 2.63. The van der Waals surface area contributed by atoms with Gasteiger partial charge in [0.15, 0.2) is 5.69 Å². The van der Waals surface area contributed by atoms with Gasteiger partial charge < -0.3 is 5.32 Å². The number of anilines is 1. The van der Waals surface area contributed by atoms with E-state index < -0.39 is 0 Å². The smallest absolute Gasteiger partial charge is 0.278 e. The van der Waals surface area contributed by atoms with E-state index in [1.54, 1.807) is 19.1 Å². The van der Waals surface area contributed by atoms with Crippen LogP contribution < -0.4 is 5.32 Å². The molecule has 1 amide bonds. The normalized spacial score (nSPS) is 10.7. The lowest BCUT2D eigenvalue weighted by Crippen LogP contribution is -2.14. The molecule has 0 bridgehead atoms. The van der Waals surface area contributed by atoms with Crippen LogP contribution in [0.5, 0.6) is 0 Å². The molecule has 0 atom stereocenters. The van der Waals surface area contributed by atoms with Gasteiger partial charge in [-0.1, -0.05) is 17.3 Å². The van der Waals surface area contributed by atoms with Crippen molar-refractivity contribution in [2.24, 2.45) is 0 Å². The minimum absolute atomic E-state index is 0.207. The van der Waals surface area contributed by atoms with Crippen LogP contribution >= 0.6 is 0 Å². The van der Waals surface area contributed by atoms with Gasteiger partial charge in [0.1, 0.15) is 5.82 Å². The van der Waals surface area contributed by atoms with E-state index in [-0.39, 0.29) is 17.4 Å². The van der Waals surface area contributed by atoms with Gasteiger partial charge in [-0.2, -0.15) is 0 Å². The number of nitrogens with zero attached hydrogens (tertiary/aromatic N) is 3. The van der Waals surface area contributed by atoms with Crippen LogP contribution in [-0.2, 0) is 0 Å². The quantitative estimate of drug-likeness (QED) is 0.801. The zero-order valence-corrected chi connectivity index (χ0v) is 13.7. The summed E-state index contributed by atoms with van der Waals surface area (Å²) in [6.07, 6.45) is 0. The van der Waals surface area contributed by atoms with Crippen LogP contribution in [0.15, 0.2) is 42.5 Å². The third-order valence-electron chi connectivity index (χ3n) is 3.64. The lowest BCUT2D eigenvalue weighted by molar-refractivity contribution is 0.102. The van der Waals surface area contributed by atoms with Crippen molar-refractivity contribution in [3.05, 3.63) is 70.8 Å². The van der Waals surface area contributed by atoms with E-state index in [4.69, 9.17) is 0 Å². The van der Waals surface area contributed by atoms with Crippen LogP contribution in [0.25, 0.3) is 5.69 Å².